The molecule has 148 valence electrons. The van der Waals surface area contributed by atoms with Gasteiger partial charge in [0, 0.05) is 32.1 Å². The van der Waals surface area contributed by atoms with Crippen LogP contribution in [-0.2, 0) is 0 Å². The number of fused-ring (bicyclic) bond motifs is 8. The van der Waals surface area contributed by atoms with Gasteiger partial charge < -0.3 is 9.97 Å². The predicted molar refractivity (Wildman–Crippen MR) is 132 cm³/mol. The van der Waals surface area contributed by atoms with Gasteiger partial charge in [-0.2, -0.15) is 0 Å². The summed E-state index contributed by atoms with van der Waals surface area (Å²) in [5.74, 6) is 0. The predicted octanol–water partition coefficient (Wildman–Crippen LogP) is 7.09. The van der Waals surface area contributed by atoms with Crippen molar-refractivity contribution in [2.75, 3.05) is 0 Å². The summed E-state index contributed by atoms with van der Waals surface area (Å²) in [6, 6.07) is 22.8. The number of rotatable bonds is 1. The monoisotopic (exact) mass is 464 g/mol. The fraction of sp³-hybridized carbons (Fsp3) is 0. The van der Waals surface area contributed by atoms with Gasteiger partial charge in [0.25, 0.3) is 0 Å². The first-order chi connectivity index (χ1) is 15.2. The van der Waals surface area contributed by atoms with Crippen molar-refractivity contribution in [2.45, 2.75) is 0 Å². The molecule has 0 amide bonds. The molecule has 4 aromatic rings. The lowest BCUT2D eigenvalue weighted by Crippen LogP contribution is -1.79. The van der Waals surface area contributed by atoms with Crippen LogP contribution in [0.3, 0.4) is 0 Å². The molecule has 8 bridgehead atoms. The first-order valence-electron chi connectivity index (χ1n) is 10.0. The van der Waals surface area contributed by atoms with E-state index in [9.17, 15) is 0 Å². The van der Waals surface area contributed by atoms with Crippen molar-refractivity contribution in [3.8, 4) is 11.1 Å². The quantitative estimate of drug-likeness (QED) is 0.273. The summed E-state index contributed by atoms with van der Waals surface area (Å²) in [6.45, 7) is 0. The normalized spacial score (nSPS) is 12.4. The van der Waals surface area contributed by atoms with Crippen molar-refractivity contribution in [2.24, 2.45) is 0 Å². The van der Waals surface area contributed by atoms with Crippen LogP contribution in [0.15, 0.2) is 71.2 Å². The van der Waals surface area contributed by atoms with Crippen LogP contribution >= 0.6 is 15.9 Å². The molecule has 0 saturated carbocycles. The van der Waals surface area contributed by atoms with Gasteiger partial charge in [-0.3, -0.25) is 0 Å². The van der Waals surface area contributed by atoms with E-state index >= 15 is 0 Å². The number of aromatic amines is 2. The Morgan fingerprint density at radius 2 is 1.19 bits per heavy atom. The van der Waals surface area contributed by atoms with Gasteiger partial charge in [-0.05, 0) is 78.4 Å². The van der Waals surface area contributed by atoms with E-state index in [4.69, 9.17) is 4.98 Å². The maximum absolute atomic E-state index is 4.77. The van der Waals surface area contributed by atoms with E-state index in [1.807, 2.05) is 42.5 Å². The lowest BCUT2D eigenvalue weighted by molar-refractivity contribution is 1.28. The van der Waals surface area contributed by atoms with Gasteiger partial charge in [-0.1, -0.05) is 34.1 Å². The molecule has 2 aliphatic rings. The molecule has 1 aromatic carbocycles. The molecule has 6 rings (SSSR count). The molecule has 0 unspecified atom stereocenters. The Labute approximate surface area is 187 Å². The van der Waals surface area contributed by atoms with E-state index in [1.54, 1.807) is 0 Å². The molecular weight excluding hydrogens is 448 g/mol. The van der Waals surface area contributed by atoms with Gasteiger partial charge in [0.15, 0.2) is 0 Å². The molecular formula is C26H17BrN4. The van der Waals surface area contributed by atoms with E-state index in [0.717, 1.165) is 60.4 Å². The van der Waals surface area contributed by atoms with Crippen molar-refractivity contribution >= 4 is 62.3 Å². The Bertz CT molecular complexity index is 1550. The number of halogens is 1. The van der Waals surface area contributed by atoms with Gasteiger partial charge in [0.05, 0.1) is 22.8 Å². The fourth-order valence-corrected chi connectivity index (χ4v) is 4.42. The molecule has 0 spiro atoms. The molecule has 0 aliphatic carbocycles. The maximum Gasteiger partial charge on any atom is 0.0659 e. The van der Waals surface area contributed by atoms with Crippen LogP contribution in [0.4, 0.5) is 0 Å². The zero-order valence-corrected chi connectivity index (χ0v) is 18.0. The number of nitrogens with one attached hydrogen (secondary N) is 2. The van der Waals surface area contributed by atoms with Crippen molar-refractivity contribution in [3.05, 3.63) is 94.0 Å². The summed E-state index contributed by atoms with van der Waals surface area (Å²) < 4.78 is 1.06. The van der Waals surface area contributed by atoms with Gasteiger partial charge in [0.1, 0.15) is 0 Å². The number of nitrogens with zero attached hydrogens (tertiary/aromatic N) is 2. The summed E-state index contributed by atoms with van der Waals surface area (Å²) in [5, 5.41) is 0. The van der Waals surface area contributed by atoms with Crippen molar-refractivity contribution in [3.63, 3.8) is 0 Å². The lowest BCUT2D eigenvalue weighted by Gasteiger charge is -2.01. The van der Waals surface area contributed by atoms with Crippen LogP contribution in [0.25, 0.3) is 57.5 Å². The van der Waals surface area contributed by atoms with Crippen LogP contribution in [0.1, 0.15) is 22.8 Å². The lowest BCUT2D eigenvalue weighted by atomic mass is 10.1. The molecule has 0 saturated heterocycles. The molecule has 0 atom stereocenters. The van der Waals surface area contributed by atoms with E-state index in [1.165, 1.54) is 0 Å². The van der Waals surface area contributed by atoms with Crippen LogP contribution in [0, 0.1) is 0 Å². The standard InChI is InChI=1S/C26H17BrN4/c27-25-4-2-1-3-23(25)24-14-22-13-20-8-7-18(29-20)11-16-5-6-17(28-16)12-19-9-10-21(30-19)15-26(24)31-22/h1-15,29,31H. The Kier molecular flexibility index (Phi) is 4.21. The highest BCUT2D eigenvalue weighted by Gasteiger charge is 2.09. The van der Waals surface area contributed by atoms with Crippen molar-refractivity contribution in [1.29, 1.82) is 0 Å². The second-order valence-electron chi connectivity index (χ2n) is 7.57. The number of H-pyrrole nitrogens is 2. The molecule has 4 nitrogen and oxygen atoms in total. The zero-order chi connectivity index (χ0) is 20.8. The molecule has 0 radical (unpaired) electrons. The summed E-state index contributed by atoms with van der Waals surface area (Å²) in [6.07, 6.45) is 8.09. The third-order valence-corrected chi connectivity index (χ3v) is 6.02. The Hall–Kier alpha value is -3.70. The number of benzene rings is 1. The van der Waals surface area contributed by atoms with Crippen molar-refractivity contribution in [1.82, 2.24) is 19.9 Å². The Morgan fingerprint density at radius 1 is 0.548 bits per heavy atom. The summed E-state index contributed by atoms with van der Waals surface area (Å²) in [7, 11) is 0. The molecule has 0 fully saturated rings. The minimum atomic E-state index is 0.894. The average Bonchev–Trinajstić information content (AvgIpc) is 3.53. The number of aromatic nitrogens is 4. The molecule has 5 heteroatoms. The highest BCUT2D eigenvalue weighted by molar-refractivity contribution is 9.10. The second-order valence-corrected chi connectivity index (χ2v) is 8.42. The van der Waals surface area contributed by atoms with E-state index in [0.29, 0.717) is 0 Å². The highest BCUT2D eigenvalue weighted by Crippen LogP contribution is 2.32. The number of hydrogen-bond acceptors (Lipinski definition) is 2. The Morgan fingerprint density at radius 3 is 1.94 bits per heavy atom. The summed E-state index contributed by atoms with van der Waals surface area (Å²) in [4.78, 5) is 16.5. The van der Waals surface area contributed by atoms with E-state index in [2.05, 4.69) is 79.4 Å². The summed E-state index contributed by atoms with van der Waals surface area (Å²) in [5.41, 5.74) is 9.95. The largest absolute Gasteiger partial charge is 0.355 e. The van der Waals surface area contributed by atoms with Crippen LogP contribution in [0.2, 0.25) is 0 Å². The maximum atomic E-state index is 4.77. The van der Waals surface area contributed by atoms with Crippen molar-refractivity contribution < 1.29 is 0 Å². The molecule has 5 heterocycles. The first-order valence-corrected chi connectivity index (χ1v) is 10.8. The third kappa shape index (κ3) is 3.53. The van der Waals surface area contributed by atoms with Gasteiger partial charge in [-0.15, -0.1) is 0 Å². The fourth-order valence-electron chi connectivity index (χ4n) is 3.92. The molecule has 2 N–H and O–H groups in total. The van der Waals surface area contributed by atoms with E-state index in [-0.39, 0.29) is 0 Å². The van der Waals surface area contributed by atoms with Gasteiger partial charge >= 0.3 is 0 Å². The molecule has 3 aromatic heterocycles. The average molecular weight is 465 g/mol. The molecule has 2 aliphatic heterocycles. The SMILES string of the molecule is Brc1ccccc1-c1cc2cc3ccc(cc4nc(cc5nc(cc1[nH]2)C=C5)C=C4)[nH]3. The van der Waals surface area contributed by atoms with Crippen LogP contribution in [-0.4, -0.2) is 19.9 Å². The summed E-state index contributed by atoms with van der Waals surface area (Å²) >= 11 is 3.70. The Balaban J connectivity index is 1.69. The van der Waals surface area contributed by atoms with Crippen LogP contribution < -0.4 is 0 Å². The third-order valence-electron chi connectivity index (χ3n) is 5.33. The van der Waals surface area contributed by atoms with Gasteiger partial charge in [-0.25, -0.2) is 9.97 Å². The first kappa shape index (κ1) is 18.1. The van der Waals surface area contributed by atoms with Crippen LogP contribution in [0.5, 0.6) is 0 Å². The minimum Gasteiger partial charge on any atom is -0.355 e. The topological polar surface area (TPSA) is 57.4 Å². The second kappa shape index (κ2) is 7.22. The highest BCUT2D eigenvalue weighted by atomic mass is 79.9. The minimum absolute atomic E-state index is 0.894. The smallest absolute Gasteiger partial charge is 0.0659 e. The van der Waals surface area contributed by atoms with E-state index < -0.39 is 0 Å². The van der Waals surface area contributed by atoms with Gasteiger partial charge in [0.2, 0.25) is 0 Å². The zero-order valence-electron chi connectivity index (χ0n) is 16.4. The number of hydrogen-bond donors (Lipinski definition) is 2. The molecule has 31 heavy (non-hydrogen) atoms.